The van der Waals surface area contributed by atoms with Crippen molar-refractivity contribution in [2.75, 3.05) is 39.4 Å². The lowest BCUT2D eigenvalue weighted by molar-refractivity contribution is -0.146. The highest BCUT2D eigenvalue weighted by atomic mass is 16.5. The Hall–Kier alpha value is -2.08. The number of β-amino-alcohol motifs (C(OH)–C–C–N with tert-alkyl or cyclic N) is 1. The van der Waals surface area contributed by atoms with Gasteiger partial charge in [0.05, 0.1) is 18.6 Å². The van der Waals surface area contributed by atoms with Gasteiger partial charge in [0.1, 0.15) is 5.75 Å². The molecule has 1 atom stereocenters. The fourth-order valence-electron chi connectivity index (χ4n) is 4.59. The molecule has 4 rings (SSSR count). The number of likely N-dealkylation sites (tertiary alicyclic amines) is 2. The highest BCUT2D eigenvalue weighted by molar-refractivity contribution is 5.96. The number of carbonyl (C=O) groups excluding carboxylic acids is 2. The Labute approximate surface area is 153 Å². The second-order valence-corrected chi connectivity index (χ2v) is 7.65. The Morgan fingerprint density at radius 2 is 2.12 bits per heavy atom. The van der Waals surface area contributed by atoms with Crippen LogP contribution in [0.15, 0.2) is 18.2 Å². The van der Waals surface area contributed by atoms with E-state index in [9.17, 15) is 14.7 Å². The summed E-state index contributed by atoms with van der Waals surface area (Å²) in [5.41, 5.74) is 1.32. The van der Waals surface area contributed by atoms with Gasteiger partial charge in [0.2, 0.25) is 5.91 Å². The predicted octanol–water partition coefficient (Wildman–Crippen LogP) is 1.46. The zero-order valence-corrected chi connectivity index (χ0v) is 15.1. The van der Waals surface area contributed by atoms with Gasteiger partial charge in [0.15, 0.2) is 0 Å². The number of aliphatic hydroxyl groups excluding tert-OH is 1. The molecule has 1 aromatic rings. The zero-order valence-electron chi connectivity index (χ0n) is 15.1. The number of benzene rings is 1. The highest BCUT2D eigenvalue weighted by Crippen LogP contribution is 2.40. The van der Waals surface area contributed by atoms with Crippen LogP contribution in [0.1, 0.15) is 41.6 Å². The minimum Gasteiger partial charge on any atom is -0.493 e. The number of fused-ring (bicyclic) bond motifs is 1. The number of amides is 2. The summed E-state index contributed by atoms with van der Waals surface area (Å²) >= 11 is 0. The molecule has 2 amide bonds. The molecular weight excluding hydrogens is 332 g/mol. The van der Waals surface area contributed by atoms with Crippen molar-refractivity contribution in [2.24, 2.45) is 5.41 Å². The van der Waals surface area contributed by atoms with E-state index in [0.717, 1.165) is 43.6 Å². The normalized spacial score (nSPS) is 25.3. The van der Waals surface area contributed by atoms with E-state index in [2.05, 4.69) is 0 Å². The summed E-state index contributed by atoms with van der Waals surface area (Å²) < 4.78 is 5.63. The zero-order chi connectivity index (χ0) is 18.1. The molecule has 0 radical (unpaired) electrons. The molecular formula is C20H26N2O4. The molecule has 3 aliphatic rings. The second kappa shape index (κ2) is 6.91. The number of carbonyl (C=O) groups is 2. The third kappa shape index (κ3) is 2.96. The fourth-order valence-corrected chi connectivity index (χ4v) is 4.59. The molecule has 0 aromatic heterocycles. The van der Waals surface area contributed by atoms with E-state index >= 15 is 0 Å². The number of piperidine rings is 1. The van der Waals surface area contributed by atoms with Gasteiger partial charge in [0.25, 0.3) is 5.91 Å². The molecule has 0 saturated carbocycles. The number of hydrogen-bond donors (Lipinski definition) is 1. The minimum atomic E-state index is -0.458. The topological polar surface area (TPSA) is 70.1 Å². The molecule has 0 aliphatic carbocycles. The molecule has 3 heterocycles. The van der Waals surface area contributed by atoms with Gasteiger partial charge in [-0.1, -0.05) is 0 Å². The SMILES string of the molecule is O=C(c1ccc2c(c1)CCCO2)N1CC[C@@]2(CCCN(CCO)C2=O)C1. The van der Waals surface area contributed by atoms with Crippen LogP contribution in [0.2, 0.25) is 0 Å². The number of rotatable bonds is 3. The molecule has 6 heteroatoms. The van der Waals surface area contributed by atoms with E-state index < -0.39 is 5.41 Å². The van der Waals surface area contributed by atoms with Gasteiger partial charge in [-0.05, 0) is 55.9 Å². The van der Waals surface area contributed by atoms with E-state index in [1.54, 1.807) is 4.90 Å². The Kier molecular flexibility index (Phi) is 4.61. The van der Waals surface area contributed by atoms with Crippen molar-refractivity contribution in [3.63, 3.8) is 0 Å². The van der Waals surface area contributed by atoms with Crippen LogP contribution < -0.4 is 4.74 Å². The number of ether oxygens (including phenoxy) is 1. The van der Waals surface area contributed by atoms with E-state index in [4.69, 9.17) is 4.74 Å². The quantitative estimate of drug-likeness (QED) is 0.888. The summed E-state index contributed by atoms with van der Waals surface area (Å²) in [6, 6.07) is 5.67. The molecule has 1 aromatic carbocycles. The number of aliphatic hydroxyl groups is 1. The van der Waals surface area contributed by atoms with Crippen LogP contribution in [0.4, 0.5) is 0 Å². The summed E-state index contributed by atoms with van der Waals surface area (Å²) in [6.45, 7) is 2.92. The van der Waals surface area contributed by atoms with Crippen molar-refractivity contribution >= 4 is 11.8 Å². The van der Waals surface area contributed by atoms with Crippen molar-refractivity contribution in [3.05, 3.63) is 29.3 Å². The number of hydrogen-bond acceptors (Lipinski definition) is 4. The minimum absolute atomic E-state index is 0.00216. The smallest absolute Gasteiger partial charge is 0.253 e. The summed E-state index contributed by atoms with van der Waals surface area (Å²) in [6.07, 6.45) is 4.40. The summed E-state index contributed by atoms with van der Waals surface area (Å²) in [5.74, 6) is 0.988. The van der Waals surface area contributed by atoms with Gasteiger partial charge in [-0.3, -0.25) is 9.59 Å². The first-order valence-electron chi connectivity index (χ1n) is 9.58. The van der Waals surface area contributed by atoms with Crippen LogP contribution in [0, 0.1) is 5.41 Å². The molecule has 2 fully saturated rings. The van der Waals surface area contributed by atoms with E-state index in [1.807, 2.05) is 23.1 Å². The van der Waals surface area contributed by atoms with Crippen molar-refractivity contribution < 1.29 is 19.4 Å². The third-order valence-electron chi connectivity index (χ3n) is 5.99. The lowest BCUT2D eigenvalue weighted by Gasteiger charge is -2.39. The van der Waals surface area contributed by atoms with Crippen molar-refractivity contribution in [1.82, 2.24) is 9.80 Å². The van der Waals surface area contributed by atoms with Gasteiger partial charge in [-0.2, -0.15) is 0 Å². The number of nitrogens with zero attached hydrogens (tertiary/aromatic N) is 2. The first-order valence-corrected chi connectivity index (χ1v) is 9.58. The molecule has 2 saturated heterocycles. The molecule has 1 N–H and O–H groups in total. The van der Waals surface area contributed by atoms with Crippen LogP contribution >= 0.6 is 0 Å². The van der Waals surface area contributed by atoms with E-state index in [1.165, 1.54) is 0 Å². The first-order chi connectivity index (χ1) is 12.6. The lowest BCUT2D eigenvalue weighted by Crippen LogP contribution is -2.51. The summed E-state index contributed by atoms with van der Waals surface area (Å²) in [7, 11) is 0. The Bertz CT molecular complexity index is 718. The molecule has 1 spiro atoms. The van der Waals surface area contributed by atoms with E-state index in [-0.39, 0.29) is 18.4 Å². The maximum Gasteiger partial charge on any atom is 0.253 e. The maximum absolute atomic E-state index is 13.0. The molecule has 0 bridgehead atoms. The lowest BCUT2D eigenvalue weighted by atomic mass is 9.78. The van der Waals surface area contributed by atoms with Gasteiger partial charge in [0, 0.05) is 31.7 Å². The molecule has 6 nitrogen and oxygen atoms in total. The van der Waals surface area contributed by atoms with Gasteiger partial charge in [-0.25, -0.2) is 0 Å². The maximum atomic E-state index is 13.0. The first kappa shape index (κ1) is 17.3. The second-order valence-electron chi connectivity index (χ2n) is 7.65. The molecule has 140 valence electrons. The van der Waals surface area contributed by atoms with Gasteiger partial charge in [-0.15, -0.1) is 0 Å². The van der Waals surface area contributed by atoms with Crippen LogP contribution in [-0.2, 0) is 11.2 Å². The largest absolute Gasteiger partial charge is 0.493 e. The summed E-state index contributed by atoms with van der Waals surface area (Å²) in [5, 5.41) is 9.18. The van der Waals surface area contributed by atoms with Crippen molar-refractivity contribution in [3.8, 4) is 5.75 Å². The fraction of sp³-hybridized carbons (Fsp3) is 0.600. The average Bonchev–Trinajstić information content (AvgIpc) is 3.10. The van der Waals surface area contributed by atoms with Crippen LogP contribution in [0.3, 0.4) is 0 Å². The standard InChI is InChI=1S/C20H26N2O4/c23-11-10-21-8-2-6-20(19(21)25)7-9-22(14-20)18(24)16-4-5-17-15(13-16)3-1-12-26-17/h4-5,13,23H,1-3,6-12,14H2/t20-/m0/s1. The van der Waals surface area contributed by atoms with Gasteiger partial charge < -0.3 is 19.6 Å². The van der Waals surface area contributed by atoms with Crippen LogP contribution in [0.25, 0.3) is 0 Å². The predicted molar refractivity (Wildman–Crippen MR) is 96.1 cm³/mol. The van der Waals surface area contributed by atoms with Crippen LogP contribution in [-0.4, -0.2) is 66.1 Å². The van der Waals surface area contributed by atoms with Crippen LogP contribution in [0.5, 0.6) is 5.75 Å². The van der Waals surface area contributed by atoms with Gasteiger partial charge >= 0.3 is 0 Å². The highest BCUT2D eigenvalue weighted by Gasteiger charge is 2.49. The molecule has 26 heavy (non-hydrogen) atoms. The van der Waals surface area contributed by atoms with Crippen molar-refractivity contribution in [2.45, 2.75) is 32.1 Å². The number of aryl methyl sites for hydroxylation is 1. The summed E-state index contributed by atoms with van der Waals surface area (Å²) in [4.78, 5) is 29.5. The Balaban J connectivity index is 1.50. The molecule has 0 unspecified atom stereocenters. The van der Waals surface area contributed by atoms with E-state index in [0.29, 0.717) is 38.2 Å². The average molecular weight is 358 g/mol. The third-order valence-corrected chi connectivity index (χ3v) is 5.99. The van der Waals surface area contributed by atoms with Crippen molar-refractivity contribution in [1.29, 1.82) is 0 Å². The molecule has 3 aliphatic heterocycles. The monoisotopic (exact) mass is 358 g/mol. The Morgan fingerprint density at radius 3 is 2.96 bits per heavy atom. The Morgan fingerprint density at radius 1 is 1.23 bits per heavy atom.